The molecule has 0 fully saturated rings. The topological polar surface area (TPSA) is 89.9 Å². The van der Waals surface area contributed by atoms with Crippen molar-refractivity contribution >= 4 is 63.9 Å². The van der Waals surface area contributed by atoms with Gasteiger partial charge in [0.05, 0.1) is 0 Å². The van der Waals surface area contributed by atoms with E-state index < -0.39 is 21.4 Å². The van der Waals surface area contributed by atoms with Crippen LogP contribution in [-0.4, -0.2) is 15.0 Å². The molecule has 10 rings (SSSR count). The van der Waals surface area contributed by atoms with Crippen molar-refractivity contribution in [1.82, 2.24) is 15.0 Å². The van der Waals surface area contributed by atoms with E-state index in [9.17, 15) is 0 Å². The molecule has 0 aliphatic heterocycles. The summed E-state index contributed by atoms with van der Waals surface area (Å²) in [4.78, 5) is 15.3. The van der Waals surface area contributed by atoms with Gasteiger partial charge < -0.3 is 13.7 Å². The van der Waals surface area contributed by atoms with Crippen LogP contribution in [0.25, 0.3) is 22.8 Å². The Morgan fingerprint density at radius 2 is 0.621 bits per heavy atom. The van der Waals surface area contributed by atoms with Crippen LogP contribution in [0.3, 0.4) is 0 Å². The molecule has 1 aliphatic rings. The molecule has 1 aliphatic carbocycles. The third-order valence-electron chi connectivity index (χ3n) is 12.1. The van der Waals surface area contributed by atoms with Crippen molar-refractivity contribution in [2.24, 2.45) is 0 Å². The van der Waals surface area contributed by atoms with Gasteiger partial charge in [-0.15, -0.1) is 0 Å². The van der Waals surface area contributed by atoms with Crippen molar-refractivity contribution in [2.75, 3.05) is 0 Å². The molecule has 0 saturated carbocycles. The molecule has 0 spiro atoms. The van der Waals surface area contributed by atoms with Gasteiger partial charge in [0.15, 0.2) is 33.1 Å². The maximum Gasteiger partial charge on any atom is 0.171 e. The lowest BCUT2D eigenvalue weighted by molar-refractivity contribution is 0.590. The van der Waals surface area contributed by atoms with E-state index in [4.69, 9.17) is 15.0 Å². The molecular weight excluding hydrogens is 868 g/mol. The molecule has 0 saturated heterocycles. The van der Waals surface area contributed by atoms with Gasteiger partial charge in [-0.3, -0.25) is 0 Å². The second-order valence-electron chi connectivity index (χ2n) is 16.1. The Balaban J connectivity index is 1.06. The zero-order valence-corrected chi connectivity index (χ0v) is 38.5. The molecule has 1 heterocycles. The monoisotopic (exact) mass is 911 g/mol. The fourth-order valence-corrected chi connectivity index (χ4v) is 16.7. The van der Waals surface area contributed by atoms with E-state index in [1.807, 2.05) is 237 Å². The lowest BCUT2D eigenvalue weighted by Crippen LogP contribution is -2.25. The maximum atomic E-state index is 15.3. The van der Waals surface area contributed by atoms with Gasteiger partial charge in [0, 0.05) is 64.8 Å². The van der Waals surface area contributed by atoms with Crippen molar-refractivity contribution in [3.05, 3.63) is 260 Å². The standard InChI is InChI=1S/C57H44N3O3P3/c61-64(46-19-7-1-8-20-46,47-21-9-2-10-22-47)52-37-31-43(32-38-52)55-58-56(44-33-39-53(40-34-44)65(62,48-23-11-3-12-24-48)49-25-13-4-14-26-49)60-57(59-55)45-35-41-54(42-36-45)66(63,50-27-15-5-16-28-50)51-29-17-6-18-30-51/h1-35,37-42,45H,36H2. The zero-order chi connectivity index (χ0) is 45.0. The van der Waals surface area contributed by atoms with Gasteiger partial charge in [-0.2, -0.15) is 0 Å². The van der Waals surface area contributed by atoms with Gasteiger partial charge in [-0.05, 0) is 6.42 Å². The highest BCUT2D eigenvalue weighted by molar-refractivity contribution is 7.85. The van der Waals surface area contributed by atoms with Crippen LogP contribution < -0.4 is 42.4 Å². The molecule has 1 aromatic heterocycles. The molecule has 66 heavy (non-hydrogen) atoms. The van der Waals surface area contributed by atoms with Crippen molar-refractivity contribution in [3.8, 4) is 22.8 Å². The quantitative estimate of drug-likeness (QED) is 0.113. The normalized spacial score (nSPS) is 14.1. The van der Waals surface area contributed by atoms with E-state index in [1.165, 1.54) is 0 Å². The number of aromatic nitrogens is 3. The third kappa shape index (κ3) is 8.03. The average molecular weight is 912 g/mol. The van der Waals surface area contributed by atoms with Crippen LogP contribution in [0.4, 0.5) is 0 Å². The molecule has 0 N–H and O–H groups in total. The summed E-state index contributed by atoms with van der Waals surface area (Å²) in [6.07, 6.45) is 6.60. The second kappa shape index (κ2) is 18.4. The Bertz CT molecular complexity index is 3050. The first-order valence-electron chi connectivity index (χ1n) is 21.9. The fraction of sp³-hybridized carbons (Fsp3) is 0.0351. The molecule has 0 amide bonds. The van der Waals surface area contributed by atoms with Crippen molar-refractivity contribution in [3.63, 3.8) is 0 Å². The molecule has 1 unspecified atom stereocenters. The highest BCUT2D eigenvalue weighted by atomic mass is 31.2. The molecule has 1 atom stereocenters. The van der Waals surface area contributed by atoms with Gasteiger partial charge in [0.25, 0.3) is 0 Å². The van der Waals surface area contributed by atoms with Crippen molar-refractivity contribution in [2.45, 2.75) is 12.3 Å². The molecule has 0 radical (unpaired) electrons. The summed E-state index contributed by atoms with van der Waals surface area (Å²) in [5.74, 6) is 1.23. The largest absolute Gasteiger partial charge is 0.309 e. The summed E-state index contributed by atoms with van der Waals surface area (Å²) in [5.41, 5.74) is 1.47. The summed E-state index contributed by atoms with van der Waals surface area (Å²) in [6.45, 7) is 0. The smallest absolute Gasteiger partial charge is 0.171 e. The summed E-state index contributed by atoms with van der Waals surface area (Å²) in [5, 5.41) is 6.71. The second-order valence-corrected chi connectivity index (χ2v) is 24.4. The molecule has 0 bridgehead atoms. The average Bonchev–Trinajstić information content (AvgIpc) is 3.41. The van der Waals surface area contributed by atoms with Gasteiger partial charge in [-0.1, -0.05) is 249 Å². The predicted molar refractivity (Wildman–Crippen MR) is 274 cm³/mol. The van der Waals surface area contributed by atoms with Crippen LogP contribution in [0, 0.1) is 0 Å². The van der Waals surface area contributed by atoms with E-state index in [0.29, 0.717) is 34.5 Å². The van der Waals surface area contributed by atoms with Crippen LogP contribution in [-0.2, 0) is 13.7 Å². The number of allylic oxidation sites excluding steroid dienone is 4. The van der Waals surface area contributed by atoms with Crippen molar-refractivity contribution < 1.29 is 13.7 Å². The Morgan fingerprint density at radius 1 is 0.333 bits per heavy atom. The summed E-state index contributed by atoms with van der Waals surface area (Å²) in [7, 11) is -9.62. The number of hydrogen-bond donors (Lipinski definition) is 0. The molecular formula is C57H44N3O3P3. The number of rotatable bonds is 12. The Morgan fingerprint density at radius 3 is 0.909 bits per heavy atom. The van der Waals surface area contributed by atoms with Gasteiger partial charge in [-0.25, -0.2) is 15.0 Å². The predicted octanol–water partition coefficient (Wildman–Crippen LogP) is 10.4. The minimum atomic E-state index is -3.22. The zero-order valence-electron chi connectivity index (χ0n) is 35.9. The Hall–Kier alpha value is -7.06. The van der Waals surface area contributed by atoms with Crippen LogP contribution >= 0.6 is 21.4 Å². The molecule has 9 heteroatoms. The van der Waals surface area contributed by atoms with Gasteiger partial charge >= 0.3 is 0 Å². The van der Waals surface area contributed by atoms with E-state index in [2.05, 4.69) is 12.2 Å². The summed E-state index contributed by atoms with van der Waals surface area (Å²) in [6, 6.07) is 73.2. The van der Waals surface area contributed by atoms with E-state index >= 15 is 13.7 Å². The van der Waals surface area contributed by atoms with Crippen LogP contribution in [0.5, 0.6) is 0 Å². The highest BCUT2D eigenvalue weighted by Crippen LogP contribution is 2.54. The number of hydrogen-bond acceptors (Lipinski definition) is 6. The lowest BCUT2D eigenvalue weighted by Gasteiger charge is -2.24. The van der Waals surface area contributed by atoms with E-state index in [-0.39, 0.29) is 5.92 Å². The summed E-state index contributed by atoms with van der Waals surface area (Å²) < 4.78 is 45.7. The number of nitrogens with zero attached hydrogens (tertiary/aromatic N) is 3. The first-order valence-corrected chi connectivity index (χ1v) is 27.0. The maximum absolute atomic E-state index is 15.3. The Kier molecular flexibility index (Phi) is 12.0. The highest BCUT2D eigenvalue weighted by Gasteiger charge is 2.34. The van der Waals surface area contributed by atoms with E-state index in [0.717, 1.165) is 48.3 Å². The Labute approximate surface area is 385 Å². The van der Waals surface area contributed by atoms with Crippen LogP contribution in [0.2, 0.25) is 0 Å². The first kappa shape index (κ1) is 42.9. The minimum absolute atomic E-state index is 0.249. The SMILES string of the molecule is O=P(C1=CCC(c2nc(-c3ccc(P(=O)(c4ccccc4)c4ccccc4)cc3)nc(-c3ccc(P(=O)(c4ccccc4)c4ccccc4)cc3)n2)C=C1)(c1ccccc1)c1ccccc1. The van der Waals surface area contributed by atoms with Gasteiger partial charge in [0.2, 0.25) is 0 Å². The number of benzene rings is 8. The molecule has 320 valence electrons. The van der Waals surface area contributed by atoms with Crippen LogP contribution in [0.15, 0.2) is 254 Å². The van der Waals surface area contributed by atoms with Crippen molar-refractivity contribution in [1.29, 1.82) is 0 Å². The van der Waals surface area contributed by atoms with Gasteiger partial charge in [0.1, 0.15) is 5.82 Å². The summed E-state index contributed by atoms with van der Waals surface area (Å²) >= 11 is 0. The molecule has 9 aromatic rings. The van der Waals surface area contributed by atoms with Crippen LogP contribution in [0.1, 0.15) is 18.2 Å². The third-order valence-corrected chi connectivity index (χ3v) is 21.4. The fourth-order valence-electron chi connectivity index (χ4n) is 8.66. The van der Waals surface area contributed by atoms with E-state index in [1.54, 1.807) is 0 Å². The lowest BCUT2D eigenvalue weighted by atomic mass is 9.99. The first-order chi connectivity index (χ1) is 32.3. The minimum Gasteiger partial charge on any atom is -0.309 e. The molecule has 8 aromatic carbocycles. The molecule has 6 nitrogen and oxygen atoms in total.